The molecule has 5 heterocycles. The van der Waals surface area contributed by atoms with Crippen LogP contribution in [0.15, 0.2) is 60.6 Å². The Morgan fingerprint density at radius 1 is 1.03 bits per heavy atom. The molecular formula is C28H23N5O3S. The number of pyridine rings is 2. The summed E-state index contributed by atoms with van der Waals surface area (Å²) in [4.78, 5) is 42.0. The molecule has 1 atom stereocenters. The first kappa shape index (κ1) is 23.1. The van der Waals surface area contributed by atoms with Gasteiger partial charge in [0.2, 0.25) is 0 Å². The molecule has 8 nitrogen and oxygen atoms in total. The number of anilines is 1. The maximum Gasteiger partial charge on any atom is 0.301 e. The van der Waals surface area contributed by atoms with E-state index >= 15 is 0 Å². The highest BCUT2D eigenvalue weighted by atomic mass is 32.1. The number of imidazole rings is 1. The number of nitrogens with zero attached hydrogens (tertiary/aromatic N) is 5. The molecule has 9 heteroatoms. The Hall–Kier alpha value is -4.37. The van der Waals surface area contributed by atoms with E-state index in [9.17, 15) is 14.7 Å². The molecule has 37 heavy (non-hydrogen) atoms. The second-order valence-corrected chi connectivity index (χ2v) is 10.3. The number of carbonyl (C=O) groups is 2. The van der Waals surface area contributed by atoms with Gasteiger partial charge in [0.1, 0.15) is 11.3 Å². The number of rotatable bonds is 3. The van der Waals surface area contributed by atoms with Crippen molar-refractivity contribution in [3.63, 3.8) is 0 Å². The van der Waals surface area contributed by atoms with Crippen molar-refractivity contribution < 1.29 is 14.7 Å². The molecule has 5 aromatic rings. The van der Waals surface area contributed by atoms with Crippen LogP contribution in [0.25, 0.3) is 21.6 Å². The van der Waals surface area contributed by atoms with Crippen LogP contribution in [0.4, 0.5) is 5.13 Å². The van der Waals surface area contributed by atoms with Crippen LogP contribution in [0.2, 0.25) is 0 Å². The van der Waals surface area contributed by atoms with Crippen molar-refractivity contribution in [3.05, 3.63) is 94.2 Å². The van der Waals surface area contributed by atoms with E-state index in [0.717, 1.165) is 26.9 Å². The summed E-state index contributed by atoms with van der Waals surface area (Å²) in [5, 5.41) is 12.0. The van der Waals surface area contributed by atoms with E-state index in [1.54, 1.807) is 24.5 Å². The SMILES string of the molecule is Cc1cc(C)c2nc(N3C(=O)C(=O)/C(=C(/O)c4nc5c(C)cccn5c4C)C3c3cccnc3)sc2c1. The van der Waals surface area contributed by atoms with Gasteiger partial charge in [0.15, 0.2) is 10.9 Å². The first-order valence-corrected chi connectivity index (χ1v) is 12.6. The number of aliphatic hydroxyl groups excluding tert-OH is 1. The summed E-state index contributed by atoms with van der Waals surface area (Å²) in [7, 11) is 0. The summed E-state index contributed by atoms with van der Waals surface area (Å²) < 4.78 is 2.78. The molecule has 1 aliphatic rings. The number of hydrogen-bond acceptors (Lipinski definition) is 7. The molecule has 1 aromatic carbocycles. The number of Topliss-reactive ketones (excluding diaryl/α,β-unsaturated/α-hetero) is 1. The average Bonchev–Trinajstić information content (AvgIpc) is 3.53. The summed E-state index contributed by atoms with van der Waals surface area (Å²) in [5.74, 6) is -1.85. The van der Waals surface area contributed by atoms with Gasteiger partial charge >= 0.3 is 5.91 Å². The first-order chi connectivity index (χ1) is 17.8. The molecule has 4 aromatic heterocycles. The molecule has 1 N–H and O–H groups in total. The molecular weight excluding hydrogens is 486 g/mol. The Balaban J connectivity index is 1.60. The summed E-state index contributed by atoms with van der Waals surface area (Å²) >= 11 is 1.34. The average molecular weight is 510 g/mol. The largest absolute Gasteiger partial charge is 0.505 e. The Kier molecular flexibility index (Phi) is 5.20. The van der Waals surface area contributed by atoms with E-state index in [1.165, 1.54) is 16.2 Å². The number of hydrogen-bond donors (Lipinski definition) is 1. The maximum atomic E-state index is 13.5. The molecule has 0 saturated carbocycles. The maximum absolute atomic E-state index is 13.5. The lowest BCUT2D eigenvalue weighted by molar-refractivity contribution is -0.132. The minimum absolute atomic E-state index is 0.0330. The molecule has 1 fully saturated rings. The van der Waals surface area contributed by atoms with Crippen LogP contribution < -0.4 is 4.90 Å². The number of thiazole rings is 1. The standard InChI is InChI=1S/C28H23N5O3S/c1-14-11-16(3)21-19(12-14)37-28(31-21)33-23(18-8-5-9-29-13-18)20(25(35)27(33)36)24(34)22-17(4)32-10-6-7-15(2)26(32)30-22/h5-13,23,34H,1-4H3/b24-20+. The van der Waals surface area contributed by atoms with Crippen molar-refractivity contribution in [2.45, 2.75) is 33.7 Å². The molecule has 0 bridgehead atoms. The second kappa shape index (κ2) is 8.35. The van der Waals surface area contributed by atoms with Crippen molar-refractivity contribution in [1.82, 2.24) is 19.4 Å². The Morgan fingerprint density at radius 2 is 1.84 bits per heavy atom. The lowest BCUT2D eigenvalue weighted by Crippen LogP contribution is -2.29. The van der Waals surface area contributed by atoms with Gasteiger partial charge in [-0.25, -0.2) is 9.97 Å². The molecule has 1 amide bonds. The van der Waals surface area contributed by atoms with Crippen LogP contribution in [0.3, 0.4) is 0 Å². The lowest BCUT2D eigenvalue weighted by atomic mass is 9.97. The smallest absolute Gasteiger partial charge is 0.301 e. The van der Waals surface area contributed by atoms with E-state index < -0.39 is 17.7 Å². The predicted molar refractivity (Wildman–Crippen MR) is 143 cm³/mol. The minimum atomic E-state index is -0.902. The van der Waals surface area contributed by atoms with Gasteiger partial charge in [-0.15, -0.1) is 0 Å². The third-order valence-electron chi connectivity index (χ3n) is 6.78. The van der Waals surface area contributed by atoms with Crippen molar-refractivity contribution >= 4 is 49.8 Å². The number of ketones is 1. The number of amides is 1. The van der Waals surface area contributed by atoms with Gasteiger partial charge in [-0.3, -0.25) is 19.5 Å². The van der Waals surface area contributed by atoms with E-state index in [1.807, 2.05) is 62.6 Å². The van der Waals surface area contributed by atoms with E-state index in [0.29, 0.717) is 22.0 Å². The molecule has 184 valence electrons. The highest BCUT2D eigenvalue weighted by Gasteiger charge is 2.48. The fraction of sp³-hybridized carbons (Fsp3) is 0.179. The first-order valence-electron chi connectivity index (χ1n) is 11.8. The van der Waals surface area contributed by atoms with Crippen LogP contribution in [-0.2, 0) is 9.59 Å². The Morgan fingerprint density at radius 3 is 2.57 bits per heavy atom. The summed E-state index contributed by atoms with van der Waals surface area (Å²) in [6.45, 7) is 7.73. The number of fused-ring (bicyclic) bond motifs is 2. The summed E-state index contributed by atoms with van der Waals surface area (Å²) in [5.41, 5.74) is 5.94. The molecule has 6 rings (SSSR count). The van der Waals surface area contributed by atoms with Crippen molar-refractivity contribution in [2.24, 2.45) is 0 Å². The number of aromatic nitrogens is 4. The minimum Gasteiger partial charge on any atom is -0.505 e. The highest BCUT2D eigenvalue weighted by Crippen LogP contribution is 2.44. The number of carbonyl (C=O) groups excluding carboxylic acids is 2. The Bertz CT molecular complexity index is 1780. The van der Waals surface area contributed by atoms with Crippen LogP contribution in [-0.4, -0.2) is 36.1 Å². The van der Waals surface area contributed by atoms with Crippen LogP contribution >= 0.6 is 11.3 Å². The number of benzene rings is 1. The topological polar surface area (TPSA) is 101 Å². The molecule has 0 aliphatic carbocycles. The second-order valence-electron chi connectivity index (χ2n) is 9.31. The van der Waals surface area contributed by atoms with Gasteiger partial charge in [0.05, 0.1) is 27.5 Å². The van der Waals surface area contributed by atoms with E-state index in [-0.39, 0.29) is 17.0 Å². The third kappa shape index (κ3) is 3.46. The van der Waals surface area contributed by atoms with Crippen LogP contribution in [0, 0.1) is 27.7 Å². The number of aliphatic hydroxyl groups is 1. The molecule has 1 unspecified atom stereocenters. The molecule has 0 radical (unpaired) electrons. The zero-order valence-electron chi connectivity index (χ0n) is 20.7. The van der Waals surface area contributed by atoms with Gasteiger partial charge in [-0.2, -0.15) is 0 Å². The predicted octanol–water partition coefficient (Wildman–Crippen LogP) is 5.20. The fourth-order valence-electron chi connectivity index (χ4n) is 5.02. The monoisotopic (exact) mass is 509 g/mol. The van der Waals surface area contributed by atoms with E-state index in [4.69, 9.17) is 4.98 Å². The van der Waals surface area contributed by atoms with Gasteiger partial charge in [0.25, 0.3) is 5.78 Å². The van der Waals surface area contributed by atoms with Crippen LogP contribution in [0.1, 0.15) is 39.7 Å². The number of aryl methyl sites for hydroxylation is 4. The lowest BCUT2D eigenvalue weighted by Gasteiger charge is -2.22. The van der Waals surface area contributed by atoms with E-state index in [2.05, 4.69) is 9.97 Å². The molecule has 1 aliphatic heterocycles. The highest BCUT2D eigenvalue weighted by molar-refractivity contribution is 7.22. The molecule has 0 spiro atoms. The Labute approximate surface area is 216 Å². The van der Waals surface area contributed by atoms with Gasteiger partial charge in [-0.05, 0) is 68.1 Å². The quantitative estimate of drug-likeness (QED) is 0.204. The van der Waals surface area contributed by atoms with Crippen LogP contribution in [0.5, 0.6) is 0 Å². The van der Waals surface area contributed by atoms with Crippen molar-refractivity contribution in [2.75, 3.05) is 4.90 Å². The van der Waals surface area contributed by atoms with Gasteiger partial charge < -0.3 is 9.51 Å². The van der Waals surface area contributed by atoms with Crippen molar-refractivity contribution in [1.29, 1.82) is 0 Å². The van der Waals surface area contributed by atoms with Gasteiger partial charge in [-0.1, -0.05) is 29.5 Å². The normalized spacial score (nSPS) is 17.4. The fourth-order valence-corrected chi connectivity index (χ4v) is 6.19. The van der Waals surface area contributed by atoms with Crippen molar-refractivity contribution in [3.8, 4) is 0 Å². The zero-order chi connectivity index (χ0) is 26.0. The third-order valence-corrected chi connectivity index (χ3v) is 7.78. The zero-order valence-corrected chi connectivity index (χ0v) is 21.5. The van der Waals surface area contributed by atoms with Gasteiger partial charge in [0, 0.05) is 18.6 Å². The summed E-state index contributed by atoms with van der Waals surface area (Å²) in [6.07, 6.45) is 5.07. The summed E-state index contributed by atoms with van der Waals surface area (Å²) in [6, 6.07) is 10.5. The molecule has 1 saturated heterocycles.